The van der Waals surface area contributed by atoms with Gasteiger partial charge in [-0.25, -0.2) is 0 Å². The van der Waals surface area contributed by atoms with Gasteiger partial charge in [-0.2, -0.15) is 5.26 Å². The topological polar surface area (TPSA) is 49.8 Å². The summed E-state index contributed by atoms with van der Waals surface area (Å²) in [4.78, 5) is 0. The minimum Gasteiger partial charge on any atom is -0.330 e. The zero-order chi connectivity index (χ0) is 5.98. The van der Waals surface area contributed by atoms with Crippen LogP contribution in [0.25, 0.3) is 0 Å². The molecular formula is C6H10N2. The highest BCUT2D eigenvalue weighted by atomic mass is 14.6. The fraction of sp³-hybridized carbons (Fsp3) is 0.833. The number of hydrogen-bond acceptors (Lipinski definition) is 2. The maximum atomic E-state index is 8.31. The van der Waals surface area contributed by atoms with Crippen LogP contribution in [-0.2, 0) is 0 Å². The van der Waals surface area contributed by atoms with Crippen LogP contribution in [0, 0.1) is 23.2 Å². The van der Waals surface area contributed by atoms with Crippen LogP contribution in [0.2, 0.25) is 0 Å². The van der Waals surface area contributed by atoms with Gasteiger partial charge in [0.1, 0.15) is 0 Å². The summed E-state index contributed by atoms with van der Waals surface area (Å²) in [6.07, 6.45) is 2.07. The van der Waals surface area contributed by atoms with E-state index in [1.165, 1.54) is 0 Å². The van der Waals surface area contributed by atoms with Crippen LogP contribution in [0.5, 0.6) is 0 Å². The highest BCUT2D eigenvalue weighted by Crippen LogP contribution is 2.31. The van der Waals surface area contributed by atoms with E-state index < -0.39 is 0 Å². The smallest absolute Gasteiger partial charge is 0.0656 e. The third kappa shape index (κ3) is 0.823. The monoisotopic (exact) mass is 110 g/mol. The molecule has 0 atom stereocenters. The standard InChI is InChI=1S/C6H10N2/c7-3-5-1-6(2-5)4-8/h5-6H,1-3,7H2/t5-,6-. The van der Waals surface area contributed by atoms with Gasteiger partial charge in [-0.15, -0.1) is 0 Å². The molecule has 0 radical (unpaired) electrons. The Morgan fingerprint density at radius 1 is 1.62 bits per heavy atom. The van der Waals surface area contributed by atoms with Gasteiger partial charge < -0.3 is 5.73 Å². The Morgan fingerprint density at radius 2 is 2.25 bits per heavy atom. The highest BCUT2D eigenvalue weighted by Gasteiger charge is 2.26. The van der Waals surface area contributed by atoms with Crippen LogP contribution >= 0.6 is 0 Å². The van der Waals surface area contributed by atoms with E-state index in [9.17, 15) is 0 Å². The van der Waals surface area contributed by atoms with Gasteiger partial charge in [-0.05, 0) is 25.3 Å². The van der Waals surface area contributed by atoms with Gasteiger partial charge in [0.15, 0.2) is 0 Å². The lowest BCUT2D eigenvalue weighted by Crippen LogP contribution is -2.28. The summed E-state index contributed by atoms with van der Waals surface area (Å²) in [6, 6.07) is 2.21. The van der Waals surface area contributed by atoms with Crippen molar-refractivity contribution in [2.24, 2.45) is 17.6 Å². The first-order valence-corrected chi connectivity index (χ1v) is 2.96. The summed E-state index contributed by atoms with van der Waals surface area (Å²) in [5.74, 6) is 0.975. The zero-order valence-corrected chi connectivity index (χ0v) is 4.80. The molecule has 2 heteroatoms. The first-order chi connectivity index (χ1) is 3.86. The molecule has 0 saturated heterocycles. The summed E-state index contributed by atoms with van der Waals surface area (Å²) < 4.78 is 0. The lowest BCUT2D eigenvalue weighted by molar-refractivity contribution is 0.254. The van der Waals surface area contributed by atoms with E-state index in [2.05, 4.69) is 6.07 Å². The second kappa shape index (κ2) is 2.15. The van der Waals surface area contributed by atoms with Gasteiger partial charge in [0, 0.05) is 5.92 Å². The molecule has 1 rings (SSSR count). The Kier molecular flexibility index (Phi) is 1.50. The van der Waals surface area contributed by atoms with Crippen LogP contribution in [0.1, 0.15) is 12.8 Å². The molecular weight excluding hydrogens is 100 g/mol. The second-order valence-corrected chi connectivity index (χ2v) is 2.40. The molecule has 0 aromatic rings. The van der Waals surface area contributed by atoms with Crippen molar-refractivity contribution in [2.75, 3.05) is 6.54 Å². The Bertz CT molecular complexity index is 108. The molecule has 0 bridgehead atoms. The molecule has 1 saturated carbocycles. The average molecular weight is 110 g/mol. The van der Waals surface area contributed by atoms with E-state index in [-0.39, 0.29) is 0 Å². The molecule has 0 aromatic heterocycles. The predicted octanol–water partition coefficient (Wildman–Crippen LogP) is 0.495. The van der Waals surface area contributed by atoms with Crippen molar-refractivity contribution < 1.29 is 0 Å². The van der Waals surface area contributed by atoms with E-state index in [1.54, 1.807) is 0 Å². The van der Waals surface area contributed by atoms with Gasteiger partial charge in [0.2, 0.25) is 0 Å². The third-order valence-electron chi connectivity index (χ3n) is 1.75. The Labute approximate surface area is 49.3 Å². The number of nitrogens with two attached hydrogens (primary N) is 1. The first-order valence-electron chi connectivity index (χ1n) is 2.96. The number of rotatable bonds is 1. The maximum absolute atomic E-state index is 8.31. The number of nitrogens with zero attached hydrogens (tertiary/aromatic N) is 1. The lowest BCUT2D eigenvalue weighted by Gasteiger charge is -2.28. The van der Waals surface area contributed by atoms with Crippen LogP contribution in [0.15, 0.2) is 0 Å². The number of hydrogen-bond donors (Lipinski definition) is 1. The molecule has 0 spiro atoms. The molecule has 2 N–H and O–H groups in total. The Hall–Kier alpha value is -0.550. The van der Waals surface area contributed by atoms with Crippen molar-refractivity contribution in [3.8, 4) is 6.07 Å². The van der Waals surface area contributed by atoms with Crippen molar-refractivity contribution in [3.63, 3.8) is 0 Å². The van der Waals surface area contributed by atoms with Crippen LogP contribution in [-0.4, -0.2) is 6.54 Å². The van der Waals surface area contributed by atoms with Crippen LogP contribution in [0.4, 0.5) is 0 Å². The van der Waals surface area contributed by atoms with Gasteiger partial charge in [0.05, 0.1) is 6.07 Å². The molecule has 0 aliphatic heterocycles. The molecule has 44 valence electrons. The number of nitriles is 1. The third-order valence-corrected chi connectivity index (χ3v) is 1.75. The Morgan fingerprint density at radius 3 is 2.62 bits per heavy atom. The SMILES string of the molecule is N#C[C@H]1C[C@H](CN)C1. The normalized spacial score (nSPS) is 35.5. The van der Waals surface area contributed by atoms with Crippen molar-refractivity contribution in [2.45, 2.75) is 12.8 Å². The lowest BCUT2D eigenvalue weighted by atomic mass is 9.76. The van der Waals surface area contributed by atoms with Crippen LogP contribution < -0.4 is 5.73 Å². The van der Waals surface area contributed by atoms with Crippen molar-refractivity contribution in [3.05, 3.63) is 0 Å². The minimum absolute atomic E-state index is 0.323. The molecule has 0 unspecified atom stereocenters. The first kappa shape index (κ1) is 5.58. The zero-order valence-electron chi connectivity index (χ0n) is 4.80. The summed E-state index contributed by atoms with van der Waals surface area (Å²) in [5, 5.41) is 8.31. The van der Waals surface area contributed by atoms with Gasteiger partial charge in [-0.1, -0.05) is 0 Å². The molecule has 2 nitrogen and oxygen atoms in total. The largest absolute Gasteiger partial charge is 0.330 e. The molecule has 1 aliphatic carbocycles. The average Bonchev–Trinajstić information content (AvgIpc) is 1.65. The van der Waals surface area contributed by atoms with E-state index in [0.717, 1.165) is 19.4 Å². The summed E-state index contributed by atoms with van der Waals surface area (Å²) >= 11 is 0. The molecule has 0 amide bonds. The molecule has 0 aromatic carbocycles. The van der Waals surface area contributed by atoms with Gasteiger partial charge in [-0.3, -0.25) is 0 Å². The highest BCUT2D eigenvalue weighted by molar-refractivity contribution is 4.93. The summed E-state index contributed by atoms with van der Waals surface area (Å²) in [5.41, 5.74) is 5.34. The van der Waals surface area contributed by atoms with E-state index >= 15 is 0 Å². The molecule has 1 aliphatic rings. The summed E-state index contributed by atoms with van der Waals surface area (Å²) in [6.45, 7) is 0.762. The van der Waals surface area contributed by atoms with E-state index in [1.807, 2.05) is 0 Å². The molecule has 1 fully saturated rings. The fourth-order valence-corrected chi connectivity index (χ4v) is 1.03. The van der Waals surface area contributed by atoms with E-state index in [4.69, 9.17) is 11.0 Å². The van der Waals surface area contributed by atoms with Crippen molar-refractivity contribution >= 4 is 0 Å². The minimum atomic E-state index is 0.323. The van der Waals surface area contributed by atoms with E-state index in [0.29, 0.717) is 11.8 Å². The van der Waals surface area contributed by atoms with Crippen LogP contribution in [0.3, 0.4) is 0 Å². The van der Waals surface area contributed by atoms with Gasteiger partial charge >= 0.3 is 0 Å². The quantitative estimate of drug-likeness (QED) is 0.534. The molecule has 0 heterocycles. The summed E-state index contributed by atoms with van der Waals surface area (Å²) in [7, 11) is 0. The van der Waals surface area contributed by atoms with Gasteiger partial charge in [0.25, 0.3) is 0 Å². The fourth-order valence-electron chi connectivity index (χ4n) is 1.03. The maximum Gasteiger partial charge on any atom is 0.0656 e. The van der Waals surface area contributed by atoms with Crippen molar-refractivity contribution in [1.82, 2.24) is 0 Å². The predicted molar refractivity (Wildman–Crippen MR) is 30.9 cm³/mol. The second-order valence-electron chi connectivity index (χ2n) is 2.40. The molecule has 8 heavy (non-hydrogen) atoms. The van der Waals surface area contributed by atoms with Crippen molar-refractivity contribution in [1.29, 1.82) is 5.26 Å². The Balaban J connectivity index is 2.14.